The van der Waals surface area contributed by atoms with E-state index in [2.05, 4.69) is 5.32 Å². The molecule has 0 saturated carbocycles. The minimum absolute atomic E-state index is 0.0126. The second-order valence-electron chi connectivity index (χ2n) is 3.40. The summed E-state index contributed by atoms with van der Waals surface area (Å²) in [5.74, 6) is -1.16. The van der Waals surface area contributed by atoms with Crippen molar-refractivity contribution in [1.82, 2.24) is 5.32 Å². The molecule has 0 saturated heterocycles. The number of amides is 1. The van der Waals surface area contributed by atoms with Crippen LogP contribution in [-0.2, 0) is 4.79 Å². The normalized spacial score (nSPS) is 12.0. The summed E-state index contributed by atoms with van der Waals surface area (Å²) in [5, 5.41) is 9.63. The first-order chi connectivity index (χ1) is 8.79. The number of hydrogen-bond donors (Lipinski definition) is 2. The predicted molar refractivity (Wildman–Crippen MR) is 71.4 cm³/mol. The Labute approximate surface area is 112 Å². The van der Waals surface area contributed by atoms with Crippen molar-refractivity contribution in [2.75, 3.05) is 6.54 Å². The number of carbonyl (C=O) groups excluding carboxylic acids is 1. The van der Waals surface area contributed by atoms with Crippen molar-refractivity contribution in [3.05, 3.63) is 11.1 Å². The lowest BCUT2D eigenvalue weighted by Crippen LogP contribution is -2.34. The van der Waals surface area contributed by atoms with Gasteiger partial charge in [0.2, 0.25) is 0 Å². The smallest absolute Gasteiger partial charge is 0.352 e. The Bertz CT molecular complexity index is 333. The van der Waals surface area contributed by atoms with Gasteiger partial charge in [-0.15, -0.1) is 0 Å². The van der Waals surface area contributed by atoms with Gasteiger partial charge in [0.25, 0.3) is 5.91 Å². The standard InChI is InChI=1S/C11H17F3N2O.C2H6/c1-4-7(8(15)5-2)9(11(12,13)14)10(17)16-6-3;1-2/h15H,4-6H2,1-3H3,(H,16,17);1-2H3/b9-7+,15-8?;. The molecule has 0 bridgehead atoms. The molecule has 0 rings (SSSR count). The van der Waals surface area contributed by atoms with E-state index in [1.54, 1.807) is 13.8 Å². The average molecular weight is 280 g/mol. The third-order valence-corrected chi connectivity index (χ3v) is 2.22. The molecule has 0 unspecified atom stereocenters. The lowest BCUT2D eigenvalue weighted by atomic mass is 9.98. The van der Waals surface area contributed by atoms with Crippen LogP contribution in [0.1, 0.15) is 47.5 Å². The summed E-state index contributed by atoms with van der Waals surface area (Å²) in [6.07, 6.45) is -4.55. The maximum Gasteiger partial charge on any atom is 0.422 e. The summed E-state index contributed by atoms with van der Waals surface area (Å²) in [5.41, 5.74) is -1.62. The van der Waals surface area contributed by atoms with Gasteiger partial charge in [0.05, 0.1) is 0 Å². The molecule has 19 heavy (non-hydrogen) atoms. The zero-order valence-corrected chi connectivity index (χ0v) is 12.2. The van der Waals surface area contributed by atoms with Crippen molar-refractivity contribution in [2.45, 2.75) is 53.6 Å². The number of alkyl halides is 3. The maximum absolute atomic E-state index is 12.8. The Morgan fingerprint density at radius 3 is 1.84 bits per heavy atom. The Balaban J connectivity index is 0. The molecule has 2 N–H and O–H groups in total. The van der Waals surface area contributed by atoms with Crippen LogP contribution in [-0.4, -0.2) is 24.3 Å². The fourth-order valence-electron chi connectivity index (χ4n) is 1.44. The van der Waals surface area contributed by atoms with Gasteiger partial charge >= 0.3 is 6.18 Å². The summed E-state index contributed by atoms with van der Waals surface area (Å²) in [6, 6.07) is 0. The molecule has 0 aliphatic heterocycles. The van der Waals surface area contributed by atoms with Gasteiger partial charge in [-0.2, -0.15) is 13.2 Å². The summed E-state index contributed by atoms with van der Waals surface area (Å²) in [4.78, 5) is 11.4. The summed E-state index contributed by atoms with van der Waals surface area (Å²) >= 11 is 0. The third kappa shape index (κ3) is 6.40. The van der Waals surface area contributed by atoms with Gasteiger partial charge in [-0.3, -0.25) is 4.79 Å². The lowest BCUT2D eigenvalue weighted by Gasteiger charge is -2.16. The van der Waals surface area contributed by atoms with E-state index >= 15 is 0 Å². The Morgan fingerprint density at radius 1 is 1.11 bits per heavy atom. The zero-order valence-electron chi connectivity index (χ0n) is 12.2. The van der Waals surface area contributed by atoms with Gasteiger partial charge in [0.15, 0.2) is 0 Å². The highest BCUT2D eigenvalue weighted by Crippen LogP contribution is 2.30. The fourth-order valence-corrected chi connectivity index (χ4v) is 1.44. The zero-order chi connectivity index (χ0) is 15.6. The quantitative estimate of drug-likeness (QED) is 0.583. The van der Waals surface area contributed by atoms with E-state index in [1.807, 2.05) is 13.8 Å². The van der Waals surface area contributed by atoms with Gasteiger partial charge in [-0.05, 0) is 25.3 Å². The van der Waals surface area contributed by atoms with E-state index in [0.29, 0.717) is 0 Å². The summed E-state index contributed by atoms with van der Waals surface area (Å²) in [7, 11) is 0. The second-order valence-corrected chi connectivity index (χ2v) is 3.40. The molecule has 3 nitrogen and oxygen atoms in total. The van der Waals surface area contributed by atoms with Gasteiger partial charge < -0.3 is 10.7 Å². The molecule has 0 fully saturated rings. The van der Waals surface area contributed by atoms with Gasteiger partial charge in [0.1, 0.15) is 5.57 Å². The van der Waals surface area contributed by atoms with E-state index in [1.165, 1.54) is 6.92 Å². The number of likely N-dealkylation sites (N-methyl/N-ethyl adjacent to an activating group) is 1. The highest BCUT2D eigenvalue weighted by Gasteiger charge is 2.41. The Kier molecular flexibility index (Phi) is 10.1. The van der Waals surface area contributed by atoms with Crippen molar-refractivity contribution in [2.24, 2.45) is 0 Å². The number of rotatable bonds is 5. The van der Waals surface area contributed by atoms with Crippen LogP contribution in [0.4, 0.5) is 13.2 Å². The summed E-state index contributed by atoms with van der Waals surface area (Å²) in [6.45, 7) is 8.76. The molecule has 0 radical (unpaired) electrons. The minimum atomic E-state index is -4.73. The van der Waals surface area contributed by atoms with Crippen LogP contribution < -0.4 is 5.32 Å². The first-order valence-electron chi connectivity index (χ1n) is 6.45. The van der Waals surface area contributed by atoms with E-state index < -0.39 is 17.7 Å². The molecule has 6 heteroatoms. The molecular weight excluding hydrogens is 257 g/mol. The number of carbonyl (C=O) groups is 1. The number of allylic oxidation sites excluding steroid dienone is 1. The van der Waals surface area contributed by atoms with Crippen LogP contribution in [0.3, 0.4) is 0 Å². The lowest BCUT2D eigenvalue weighted by molar-refractivity contribution is -0.130. The van der Waals surface area contributed by atoms with Gasteiger partial charge in [-0.1, -0.05) is 27.7 Å². The fraction of sp³-hybridized carbons (Fsp3) is 0.692. The van der Waals surface area contributed by atoms with Crippen molar-refractivity contribution in [3.8, 4) is 0 Å². The minimum Gasteiger partial charge on any atom is -0.352 e. The molecule has 0 aromatic heterocycles. The highest BCUT2D eigenvalue weighted by molar-refractivity contribution is 6.07. The number of hydrogen-bond acceptors (Lipinski definition) is 2. The van der Waals surface area contributed by atoms with E-state index in [-0.39, 0.29) is 30.7 Å². The third-order valence-electron chi connectivity index (χ3n) is 2.22. The van der Waals surface area contributed by atoms with Crippen LogP contribution in [0.5, 0.6) is 0 Å². The van der Waals surface area contributed by atoms with Gasteiger partial charge in [0, 0.05) is 12.3 Å². The Hall–Kier alpha value is -1.33. The van der Waals surface area contributed by atoms with Crippen molar-refractivity contribution < 1.29 is 18.0 Å². The van der Waals surface area contributed by atoms with Crippen molar-refractivity contribution in [1.29, 1.82) is 5.41 Å². The molecule has 0 aliphatic carbocycles. The first kappa shape index (κ1) is 20.0. The SMILES string of the molecule is CC.CCNC(=O)/C(=C(/CC)C(=N)CC)C(F)(F)F. The topological polar surface area (TPSA) is 53.0 Å². The molecule has 0 aromatic rings. The number of halogens is 3. The van der Waals surface area contributed by atoms with Crippen LogP contribution in [0.2, 0.25) is 0 Å². The largest absolute Gasteiger partial charge is 0.422 e. The monoisotopic (exact) mass is 280 g/mol. The van der Waals surface area contributed by atoms with E-state index in [0.717, 1.165) is 0 Å². The van der Waals surface area contributed by atoms with Crippen LogP contribution in [0.15, 0.2) is 11.1 Å². The van der Waals surface area contributed by atoms with E-state index in [4.69, 9.17) is 5.41 Å². The molecule has 0 atom stereocenters. The molecule has 0 spiro atoms. The molecule has 1 amide bonds. The van der Waals surface area contributed by atoms with Gasteiger partial charge in [-0.25, -0.2) is 0 Å². The van der Waals surface area contributed by atoms with Crippen LogP contribution in [0.25, 0.3) is 0 Å². The molecule has 0 aromatic carbocycles. The molecule has 0 aliphatic rings. The average Bonchev–Trinajstić information content (AvgIpc) is 2.35. The van der Waals surface area contributed by atoms with Crippen molar-refractivity contribution in [3.63, 3.8) is 0 Å². The summed E-state index contributed by atoms with van der Waals surface area (Å²) < 4.78 is 38.4. The first-order valence-corrected chi connectivity index (χ1v) is 6.45. The van der Waals surface area contributed by atoms with Crippen molar-refractivity contribution >= 4 is 11.6 Å². The molecule has 0 heterocycles. The Morgan fingerprint density at radius 2 is 1.58 bits per heavy atom. The van der Waals surface area contributed by atoms with E-state index in [9.17, 15) is 18.0 Å². The predicted octanol–water partition coefficient (Wildman–Crippen LogP) is 3.85. The second kappa shape index (κ2) is 9.58. The number of nitrogens with one attached hydrogen (secondary N) is 2. The molecule has 112 valence electrons. The van der Waals surface area contributed by atoms with Crippen LogP contribution in [0, 0.1) is 5.41 Å². The molecular formula is C13H23F3N2O. The van der Waals surface area contributed by atoms with Crippen LogP contribution >= 0.6 is 0 Å². The maximum atomic E-state index is 12.8. The highest BCUT2D eigenvalue weighted by atomic mass is 19.4.